The Kier molecular flexibility index (Phi) is 4.03. The quantitative estimate of drug-likeness (QED) is 0.544. The van der Waals surface area contributed by atoms with Crippen LogP contribution in [0.5, 0.6) is 0 Å². The van der Waals surface area contributed by atoms with E-state index in [1.807, 2.05) is 7.85 Å². The van der Waals surface area contributed by atoms with Gasteiger partial charge in [-0.05, 0) is 0 Å². The maximum absolute atomic E-state index is 9.30. The van der Waals surface area contributed by atoms with Gasteiger partial charge in [-0.25, -0.2) is 0 Å². The van der Waals surface area contributed by atoms with Gasteiger partial charge in [-0.15, -0.1) is 0 Å². The number of hydrogen-bond donors (Lipinski definition) is 1. The van der Waals surface area contributed by atoms with E-state index in [9.17, 15) is 5.11 Å². The zero-order valence-corrected chi connectivity index (χ0v) is 6.89. The third-order valence-electron chi connectivity index (χ3n) is 2.08. The summed E-state index contributed by atoms with van der Waals surface area (Å²) in [4.78, 5) is 0. The number of hydrogen-bond acceptors (Lipinski definition) is 1. The zero-order valence-electron chi connectivity index (χ0n) is 6.89. The van der Waals surface area contributed by atoms with Crippen LogP contribution in [0.25, 0.3) is 0 Å². The van der Waals surface area contributed by atoms with E-state index in [2.05, 4.69) is 20.7 Å². The molecule has 0 amide bonds. The van der Waals surface area contributed by atoms with Crippen molar-refractivity contribution in [2.75, 3.05) is 0 Å². The van der Waals surface area contributed by atoms with E-state index < -0.39 is 0 Å². The van der Waals surface area contributed by atoms with Gasteiger partial charge in [-0.3, -0.25) is 0 Å². The van der Waals surface area contributed by atoms with Crippen LogP contribution >= 0.6 is 0 Å². The summed E-state index contributed by atoms with van der Waals surface area (Å²) >= 11 is 0. The first kappa shape index (κ1) is 9.09. The third kappa shape index (κ3) is 2.95. The minimum atomic E-state index is -0.106. The van der Waals surface area contributed by atoms with Gasteiger partial charge in [0.05, 0.1) is 0 Å². The van der Waals surface area contributed by atoms with Crippen LogP contribution in [0.15, 0.2) is 0 Å². The second-order valence-electron chi connectivity index (χ2n) is 3.08. The normalized spacial score (nSPS) is 13.9. The molecule has 0 aliphatic heterocycles. The molecule has 0 aliphatic rings. The van der Waals surface area contributed by atoms with Gasteiger partial charge in [0.2, 0.25) is 0 Å². The average molecular weight is 126 g/mol. The fourth-order valence-electron chi connectivity index (χ4n) is 0.816. The molecule has 0 aliphatic carbocycles. The molecule has 0 saturated carbocycles. The highest BCUT2D eigenvalue weighted by atomic mass is 16.3. The standard InChI is InChI=1S/C6H16B2O/c1-5(2)8(3)6(9)4-7/h5-6,9H,4,7H2,1-3H3. The van der Waals surface area contributed by atoms with Crippen LogP contribution < -0.4 is 0 Å². The molecule has 0 saturated heterocycles. The molecule has 1 nitrogen and oxygen atoms in total. The van der Waals surface area contributed by atoms with Crippen LogP contribution in [0.1, 0.15) is 13.8 Å². The summed E-state index contributed by atoms with van der Waals surface area (Å²) in [7, 11) is 2.02. The Morgan fingerprint density at radius 1 is 1.56 bits per heavy atom. The molecular formula is C6H16B2O. The molecule has 0 aromatic rings. The predicted molar refractivity (Wildman–Crippen MR) is 46.1 cm³/mol. The molecule has 3 heteroatoms. The second-order valence-corrected chi connectivity index (χ2v) is 3.08. The first-order valence-corrected chi connectivity index (χ1v) is 3.77. The molecule has 0 radical (unpaired) electrons. The van der Waals surface area contributed by atoms with E-state index in [1.165, 1.54) is 0 Å². The molecule has 0 aromatic heterocycles. The van der Waals surface area contributed by atoms with Crippen molar-refractivity contribution in [2.45, 2.75) is 38.8 Å². The van der Waals surface area contributed by atoms with Gasteiger partial charge in [0, 0.05) is 6.00 Å². The molecule has 1 atom stereocenters. The highest BCUT2D eigenvalue weighted by Gasteiger charge is 2.19. The lowest BCUT2D eigenvalue weighted by Crippen LogP contribution is -2.29. The topological polar surface area (TPSA) is 20.2 Å². The lowest BCUT2D eigenvalue weighted by molar-refractivity contribution is 0.267. The zero-order chi connectivity index (χ0) is 7.44. The molecule has 9 heavy (non-hydrogen) atoms. The number of aliphatic hydroxyl groups is 1. The van der Waals surface area contributed by atoms with Gasteiger partial charge in [0.25, 0.3) is 0 Å². The van der Waals surface area contributed by atoms with Crippen molar-refractivity contribution in [1.29, 1.82) is 0 Å². The van der Waals surface area contributed by atoms with Crippen molar-refractivity contribution < 1.29 is 5.11 Å². The lowest BCUT2D eigenvalue weighted by atomic mass is 9.39. The van der Waals surface area contributed by atoms with Crippen molar-refractivity contribution in [3.63, 3.8) is 0 Å². The van der Waals surface area contributed by atoms with E-state index in [4.69, 9.17) is 0 Å². The lowest BCUT2D eigenvalue weighted by Gasteiger charge is -2.16. The Hall–Kier alpha value is 0.0899. The highest BCUT2D eigenvalue weighted by Crippen LogP contribution is 2.11. The van der Waals surface area contributed by atoms with Crippen molar-refractivity contribution in [2.24, 2.45) is 0 Å². The van der Waals surface area contributed by atoms with Crippen molar-refractivity contribution in [3.8, 4) is 0 Å². The molecule has 52 valence electrons. The van der Waals surface area contributed by atoms with E-state index >= 15 is 0 Å². The van der Waals surface area contributed by atoms with Crippen LogP contribution in [0.4, 0.5) is 0 Å². The summed E-state index contributed by atoms with van der Waals surface area (Å²) in [6, 6.07) is -0.106. The minimum absolute atomic E-state index is 0.106. The van der Waals surface area contributed by atoms with Gasteiger partial charge in [0.15, 0.2) is 6.71 Å². The molecule has 0 bridgehead atoms. The number of aliphatic hydroxyl groups excluding tert-OH is 1. The number of rotatable bonds is 3. The molecular weight excluding hydrogens is 110 g/mol. The molecule has 0 aromatic carbocycles. The van der Waals surface area contributed by atoms with E-state index in [-0.39, 0.29) is 6.00 Å². The summed E-state index contributed by atoms with van der Waals surface area (Å²) in [6.45, 7) is 6.82. The molecule has 0 heterocycles. The average Bonchev–Trinajstić information content (AvgIpc) is 1.84. The maximum atomic E-state index is 9.30. The Balaban J connectivity index is 3.58. The monoisotopic (exact) mass is 126 g/mol. The second kappa shape index (κ2) is 3.99. The summed E-state index contributed by atoms with van der Waals surface area (Å²) in [5, 5.41) is 9.30. The summed E-state index contributed by atoms with van der Waals surface area (Å²) in [5.74, 6) is 0.597. The third-order valence-corrected chi connectivity index (χ3v) is 2.08. The minimum Gasteiger partial charge on any atom is -0.402 e. The Morgan fingerprint density at radius 3 is 2.11 bits per heavy atom. The van der Waals surface area contributed by atoms with Gasteiger partial charge >= 0.3 is 0 Å². The van der Waals surface area contributed by atoms with Gasteiger partial charge < -0.3 is 5.11 Å². The highest BCUT2D eigenvalue weighted by molar-refractivity contribution is 6.60. The Morgan fingerprint density at radius 2 is 2.00 bits per heavy atom. The Labute approximate surface area is 59.3 Å². The summed E-state index contributed by atoms with van der Waals surface area (Å²) < 4.78 is 0. The molecule has 1 N–H and O–H groups in total. The van der Waals surface area contributed by atoms with Crippen molar-refractivity contribution in [3.05, 3.63) is 0 Å². The molecule has 0 fully saturated rings. The van der Waals surface area contributed by atoms with Gasteiger partial charge in [0.1, 0.15) is 7.85 Å². The molecule has 0 rings (SSSR count). The van der Waals surface area contributed by atoms with Crippen LogP contribution in [-0.4, -0.2) is 25.7 Å². The SMILES string of the molecule is BCC(O)B(C)C(C)C. The first-order chi connectivity index (χ1) is 4.09. The van der Waals surface area contributed by atoms with Gasteiger partial charge in [-0.2, -0.15) is 0 Å². The first-order valence-electron chi connectivity index (χ1n) is 3.77. The van der Waals surface area contributed by atoms with Crippen LogP contribution in [0.3, 0.4) is 0 Å². The van der Waals surface area contributed by atoms with Crippen LogP contribution in [0.2, 0.25) is 19.0 Å². The Bertz CT molecular complexity index is 75.5. The van der Waals surface area contributed by atoms with E-state index in [0.717, 1.165) is 6.32 Å². The largest absolute Gasteiger partial charge is 0.402 e. The fraction of sp³-hybridized carbons (Fsp3) is 1.00. The van der Waals surface area contributed by atoms with Crippen LogP contribution in [-0.2, 0) is 0 Å². The van der Waals surface area contributed by atoms with Crippen molar-refractivity contribution in [1.82, 2.24) is 0 Å². The van der Waals surface area contributed by atoms with Gasteiger partial charge in [-0.1, -0.05) is 32.8 Å². The fourth-order valence-corrected chi connectivity index (χ4v) is 0.816. The maximum Gasteiger partial charge on any atom is 0.174 e. The predicted octanol–water partition coefficient (Wildman–Crippen LogP) is 0.472. The summed E-state index contributed by atoms with van der Waals surface area (Å²) in [5.41, 5.74) is 0. The molecule has 1 unspecified atom stereocenters. The van der Waals surface area contributed by atoms with E-state index in [0.29, 0.717) is 12.5 Å². The van der Waals surface area contributed by atoms with Crippen LogP contribution in [0, 0.1) is 0 Å². The molecule has 0 spiro atoms. The smallest absolute Gasteiger partial charge is 0.174 e. The van der Waals surface area contributed by atoms with Crippen molar-refractivity contribution >= 4 is 14.6 Å². The van der Waals surface area contributed by atoms with E-state index in [1.54, 1.807) is 0 Å². The summed E-state index contributed by atoms with van der Waals surface area (Å²) in [6.07, 6.45) is 0.874.